The van der Waals surface area contributed by atoms with Gasteiger partial charge in [0.2, 0.25) is 5.91 Å². The molecule has 0 saturated carbocycles. The summed E-state index contributed by atoms with van der Waals surface area (Å²) >= 11 is 5.00. The third kappa shape index (κ3) is 2.16. The number of thiocarbonyl (C=S) groups is 1. The van der Waals surface area contributed by atoms with E-state index < -0.39 is 0 Å². The molecule has 6 heteroatoms. The van der Waals surface area contributed by atoms with E-state index in [1.165, 1.54) is 0 Å². The van der Waals surface area contributed by atoms with Crippen molar-refractivity contribution in [1.29, 1.82) is 0 Å². The van der Waals surface area contributed by atoms with Crippen molar-refractivity contribution >= 4 is 28.9 Å². The van der Waals surface area contributed by atoms with Crippen molar-refractivity contribution in [3.63, 3.8) is 0 Å². The maximum Gasteiger partial charge on any atom is 0.225 e. The maximum atomic E-state index is 11.8. The average Bonchev–Trinajstić information content (AvgIpc) is 2.81. The number of anilines is 1. The van der Waals surface area contributed by atoms with Crippen LogP contribution < -0.4 is 16.0 Å². The largest absolute Gasteiger partial charge is 0.389 e. The van der Waals surface area contributed by atoms with Crippen molar-refractivity contribution in [3.8, 4) is 0 Å². The number of hydrogen-bond acceptors (Lipinski definition) is 4. The van der Waals surface area contributed by atoms with Crippen LogP contribution >= 0.6 is 12.2 Å². The second-order valence-electron chi connectivity index (χ2n) is 5.02. The molecule has 0 aliphatic carbocycles. The van der Waals surface area contributed by atoms with E-state index in [0.29, 0.717) is 11.5 Å². The van der Waals surface area contributed by atoms with Crippen molar-refractivity contribution in [2.45, 2.75) is 18.9 Å². The summed E-state index contributed by atoms with van der Waals surface area (Å²) in [4.78, 5) is 18.7. The Morgan fingerprint density at radius 2 is 2.42 bits per heavy atom. The highest BCUT2D eigenvalue weighted by Crippen LogP contribution is 2.30. The van der Waals surface area contributed by atoms with Crippen LogP contribution in [0.2, 0.25) is 0 Å². The summed E-state index contributed by atoms with van der Waals surface area (Å²) in [5, 5.41) is 2.94. The van der Waals surface area contributed by atoms with E-state index in [9.17, 15) is 4.79 Å². The number of nitrogens with one attached hydrogen (secondary N) is 1. The summed E-state index contributed by atoms with van der Waals surface area (Å²) < 4.78 is 0. The lowest BCUT2D eigenvalue weighted by Gasteiger charge is -2.36. The minimum atomic E-state index is 0.0871. The highest BCUT2D eigenvalue weighted by atomic mass is 32.1. The first-order valence-electron chi connectivity index (χ1n) is 6.47. The molecule has 3 N–H and O–H groups in total. The van der Waals surface area contributed by atoms with Gasteiger partial charge in [0.1, 0.15) is 10.8 Å². The fourth-order valence-corrected chi connectivity index (χ4v) is 3.09. The Kier molecular flexibility index (Phi) is 3.10. The van der Waals surface area contributed by atoms with Gasteiger partial charge in [0, 0.05) is 24.8 Å². The summed E-state index contributed by atoms with van der Waals surface area (Å²) in [6.45, 7) is 1.62. The van der Waals surface area contributed by atoms with Gasteiger partial charge >= 0.3 is 0 Å². The van der Waals surface area contributed by atoms with E-state index in [-0.39, 0.29) is 17.9 Å². The molecular formula is C13H16N4OS. The fraction of sp³-hybridized carbons (Fsp3) is 0.462. The number of nitrogens with two attached hydrogens (primary N) is 1. The van der Waals surface area contributed by atoms with Gasteiger partial charge in [0.25, 0.3) is 0 Å². The lowest BCUT2D eigenvalue weighted by Crippen LogP contribution is -2.46. The lowest BCUT2D eigenvalue weighted by atomic mass is 9.91. The second kappa shape index (κ2) is 4.77. The number of carbonyl (C=O) groups excluding carboxylic acids is 1. The van der Waals surface area contributed by atoms with E-state index in [1.807, 2.05) is 12.1 Å². The first-order chi connectivity index (χ1) is 9.16. The quantitative estimate of drug-likeness (QED) is 0.767. The summed E-state index contributed by atoms with van der Waals surface area (Å²) in [5.41, 5.74) is 6.48. The minimum Gasteiger partial charge on any atom is -0.389 e. The van der Waals surface area contributed by atoms with Crippen LogP contribution in [0.3, 0.4) is 0 Å². The van der Waals surface area contributed by atoms with Gasteiger partial charge in [-0.15, -0.1) is 0 Å². The summed E-state index contributed by atoms with van der Waals surface area (Å²) in [6, 6.07) is 3.93. The summed E-state index contributed by atoms with van der Waals surface area (Å²) in [7, 11) is 0. The highest BCUT2D eigenvalue weighted by Gasteiger charge is 2.41. The van der Waals surface area contributed by atoms with Gasteiger partial charge < -0.3 is 16.0 Å². The number of nitrogens with zero attached hydrogens (tertiary/aromatic N) is 2. The van der Waals surface area contributed by atoms with Crippen molar-refractivity contribution in [1.82, 2.24) is 10.3 Å². The molecule has 1 amide bonds. The molecule has 100 valence electrons. The van der Waals surface area contributed by atoms with Gasteiger partial charge in [-0.1, -0.05) is 12.2 Å². The molecule has 2 atom stereocenters. The number of piperidine rings is 1. The van der Waals surface area contributed by atoms with Crippen molar-refractivity contribution in [3.05, 3.63) is 23.9 Å². The number of amides is 1. The van der Waals surface area contributed by atoms with Crippen LogP contribution in [-0.2, 0) is 4.79 Å². The number of fused-ring (bicyclic) bond motifs is 1. The van der Waals surface area contributed by atoms with Gasteiger partial charge in [0.05, 0.1) is 12.0 Å². The Bertz CT molecular complexity index is 533. The number of pyridine rings is 1. The molecule has 0 aromatic carbocycles. The Balaban J connectivity index is 1.91. The van der Waals surface area contributed by atoms with Crippen LogP contribution in [0.5, 0.6) is 0 Å². The normalized spacial score (nSPS) is 25.9. The first-order valence-corrected chi connectivity index (χ1v) is 6.88. The van der Waals surface area contributed by atoms with Gasteiger partial charge in [-0.2, -0.15) is 0 Å². The first kappa shape index (κ1) is 12.3. The van der Waals surface area contributed by atoms with Crippen molar-refractivity contribution < 1.29 is 4.79 Å². The molecule has 0 radical (unpaired) electrons. The second-order valence-corrected chi connectivity index (χ2v) is 5.46. The molecule has 2 fully saturated rings. The fourth-order valence-electron chi connectivity index (χ4n) is 2.96. The predicted octanol–water partition coefficient (Wildman–Crippen LogP) is 0.431. The molecule has 1 aromatic heterocycles. The Hall–Kier alpha value is -1.69. The zero-order valence-electron chi connectivity index (χ0n) is 10.5. The molecule has 2 saturated heterocycles. The molecule has 19 heavy (non-hydrogen) atoms. The van der Waals surface area contributed by atoms with Gasteiger partial charge in [-0.25, -0.2) is 4.98 Å². The third-order valence-corrected chi connectivity index (χ3v) is 4.16. The molecule has 3 heterocycles. The zero-order valence-corrected chi connectivity index (χ0v) is 11.3. The summed E-state index contributed by atoms with van der Waals surface area (Å²) in [6.07, 6.45) is 3.69. The van der Waals surface area contributed by atoms with Crippen LogP contribution in [0.25, 0.3) is 0 Å². The lowest BCUT2D eigenvalue weighted by molar-refractivity contribution is -0.122. The SMILES string of the molecule is NC(=S)c1ccnc(N2CCCC3C(=O)NCC32)c1. The Labute approximate surface area is 117 Å². The number of hydrogen-bond donors (Lipinski definition) is 2. The smallest absolute Gasteiger partial charge is 0.225 e. The average molecular weight is 276 g/mol. The molecule has 0 spiro atoms. The van der Waals surface area contributed by atoms with Crippen molar-refractivity contribution in [2.75, 3.05) is 18.0 Å². The molecule has 5 nitrogen and oxygen atoms in total. The van der Waals surface area contributed by atoms with Crippen LogP contribution in [0, 0.1) is 5.92 Å². The molecular weight excluding hydrogens is 260 g/mol. The molecule has 3 rings (SSSR count). The molecule has 2 aliphatic heterocycles. The van der Waals surface area contributed by atoms with E-state index in [4.69, 9.17) is 18.0 Å². The number of rotatable bonds is 2. The zero-order chi connectivity index (χ0) is 13.4. The van der Waals surface area contributed by atoms with Crippen molar-refractivity contribution in [2.24, 2.45) is 11.7 Å². The van der Waals surface area contributed by atoms with Crippen LogP contribution in [0.15, 0.2) is 18.3 Å². The van der Waals surface area contributed by atoms with Gasteiger partial charge in [0.15, 0.2) is 0 Å². The molecule has 0 bridgehead atoms. The predicted molar refractivity (Wildman–Crippen MR) is 77.0 cm³/mol. The number of carbonyl (C=O) groups is 1. The standard InChI is InChI=1S/C13H16N4OS/c14-12(19)8-3-4-15-11(6-8)17-5-1-2-9-10(17)7-16-13(9)18/h3-4,6,9-10H,1-2,5,7H2,(H2,14,19)(H,16,18). The van der Waals surface area contributed by atoms with Gasteiger partial charge in [-0.05, 0) is 25.0 Å². The van der Waals surface area contributed by atoms with E-state index in [0.717, 1.165) is 30.8 Å². The maximum absolute atomic E-state index is 11.8. The Morgan fingerprint density at radius 1 is 1.58 bits per heavy atom. The van der Waals surface area contributed by atoms with Crippen LogP contribution in [0.1, 0.15) is 18.4 Å². The molecule has 2 aliphatic rings. The van der Waals surface area contributed by atoms with E-state index in [2.05, 4.69) is 15.2 Å². The highest BCUT2D eigenvalue weighted by molar-refractivity contribution is 7.80. The minimum absolute atomic E-state index is 0.0871. The topological polar surface area (TPSA) is 71.2 Å². The van der Waals surface area contributed by atoms with Gasteiger partial charge in [-0.3, -0.25) is 4.79 Å². The molecule has 2 unspecified atom stereocenters. The monoisotopic (exact) mass is 276 g/mol. The summed E-state index contributed by atoms with van der Waals surface area (Å²) in [5.74, 6) is 1.11. The van der Waals surface area contributed by atoms with E-state index in [1.54, 1.807) is 6.20 Å². The van der Waals surface area contributed by atoms with Crippen LogP contribution in [-0.4, -0.2) is 35.0 Å². The number of aromatic nitrogens is 1. The van der Waals surface area contributed by atoms with E-state index >= 15 is 0 Å². The molecule has 1 aromatic rings. The Morgan fingerprint density at radius 3 is 3.21 bits per heavy atom. The van der Waals surface area contributed by atoms with Crippen LogP contribution in [0.4, 0.5) is 5.82 Å². The third-order valence-electron chi connectivity index (χ3n) is 3.93.